The van der Waals surface area contributed by atoms with E-state index in [4.69, 9.17) is 9.47 Å². The molecule has 0 saturated heterocycles. The molecule has 10 heteroatoms. The lowest BCUT2D eigenvalue weighted by molar-refractivity contribution is -0.116. The minimum absolute atomic E-state index is 0.0419. The minimum atomic E-state index is -0.698. The molecule has 2 aliphatic rings. The average Bonchev–Trinajstić information content (AvgIpc) is 3.44. The van der Waals surface area contributed by atoms with E-state index in [0.29, 0.717) is 39.6 Å². The number of nitrogens with one attached hydrogen (secondary N) is 2. The lowest BCUT2D eigenvalue weighted by Crippen LogP contribution is -2.49. The molecule has 10 nitrogen and oxygen atoms in total. The van der Waals surface area contributed by atoms with Crippen LogP contribution in [0.25, 0.3) is 0 Å². The molecule has 1 aromatic heterocycles. The molecule has 168 valence electrons. The molecular formula is C23H21N5O5. The van der Waals surface area contributed by atoms with Crippen LogP contribution >= 0.6 is 0 Å². The van der Waals surface area contributed by atoms with Crippen LogP contribution in [0.15, 0.2) is 48.8 Å². The highest BCUT2D eigenvalue weighted by atomic mass is 16.5. The maximum Gasteiger partial charge on any atom is 0.264 e. The second-order valence-electron chi connectivity index (χ2n) is 7.61. The molecule has 3 aromatic rings. The lowest BCUT2D eigenvalue weighted by Gasteiger charge is -2.40. The van der Waals surface area contributed by atoms with Crippen molar-refractivity contribution in [1.29, 1.82) is 0 Å². The van der Waals surface area contributed by atoms with E-state index in [1.165, 1.54) is 20.4 Å². The average molecular weight is 447 g/mol. The Labute approximate surface area is 189 Å². The van der Waals surface area contributed by atoms with Crippen LogP contribution in [-0.2, 0) is 4.79 Å². The number of amides is 3. The molecule has 0 saturated carbocycles. The molecule has 0 fully saturated rings. The first-order valence-corrected chi connectivity index (χ1v) is 10.3. The first-order chi connectivity index (χ1) is 16.0. The minimum Gasteiger partial charge on any atom is -0.493 e. The number of hydrogen-bond acceptors (Lipinski definition) is 6. The number of aromatic amines is 1. The maximum absolute atomic E-state index is 13.6. The number of benzene rings is 2. The summed E-state index contributed by atoms with van der Waals surface area (Å²) >= 11 is 0. The highest BCUT2D eigenvalue weighted by Crippen LogP contribution is 2.49. The first kappa shape index (κ1) is 20.6. The number of ether oxygens (including phenoxy) is 2. The molecule has 0 spiro atoms. The molecule has 5 rings (SSSR count). The predicted octanol–water partition coefficient (Wildman–Crippen LogP) is 2.57. The van der Waals surface area contributed by atoms with Gasteiger partial charge in [0.15, 0.2) is 11.5 Å². The van der Waals surface area contributed by atoms with Gasteiger partial charge in [-0.05, 0) is 18.2 Å². The number of aromatic nitrogens is 2. The summed E-state index contributed by atoms with van der Waals surface area (Å²) in [6.45, 7) is 0.110. The van der Waals surface area contributed by atoms with Gasteiger partial charge in [-0.25, -0.2) is 0 Å². The smallest absolute Gasteiger partial charge is 0.264 e. The number of H-pyrrole nitrogens is 1. The highest BCUT2D eigenvalue weighted by Gasteiger charge is 2.49. The molecule has 0 bridgehead atoms. The molecule has 0 radical (unpaired) electrons. The fourth-order valence-electron chi connectivity index (χ4n) is 4.42. The SMILES string of the molecule is COc1ccc2c(c1OC)C(=O)N1c3ccccc3C(=O)N(CCC(=O)Nc3cn[nH]c3)C21. The third-order valence-corrected chi connectivity index (χ3v) is 5.85. The summed E-state index contributed by atoms with van der Waals surface area (Å²) in [6, 6.07) is 10.4. The fraction of sp³-hybridized carbons (Fsp3) is 0.217. The van der Waals surface area contributed by atoms with Gasteiger partial charge in [-0.2, -0.15) is 5.10 Å². The third-order valence-electron chi connectivity index (χ3n) is 5.85. The van der Waals surface area contributed by atoms with Gasteiger partial charge >= 0.3 is 0 Å². The van der Waals surface area contributed by atoms with E-state index < -0.39 is 6.17 Å². The molecule has 0 aliphatic carbocycles. The topological polar surface area (TPSA) is 117 Å². The van der Waals surface area contributed by atoms with Crippen molar-refractivity contribution in [2.24, 2.45) is 0 Å². The van der Waals surface area contributed by atoms with Crippen LogP contribution in [0, 0.1) is 0 Å². The maximum atomic E-state index is 13.6. The second-order valence-corrected chi connectivity index (χ2v) is 7.61. The van der Waals surface area contributed by atoms with E-state index >= 15 is 0 Å². The summed E-state index contributed by atoms with van der Waals surface area (Å²) in [5, 5.41) is 9.16. The summed E-state index contributed by atoms with van der Waals surface area (Å²) in [7, 11) is 2.97. The summed E-state index contributed by atoms with van der Waals surface area (Å²) in [6.07, 6.45) is 2.40. The standard InChI is InChI=1S/C23H21N5O5/c1-32-17-8-7-15-19(20(17)33-2)23(31)28-16-6-4-3-5-14(16)22(30)27(21(15)28)10-9-18(29)26-13-11-24-25-12-13/h3-8,11-12,21H,9-10H2,1-2H3,(H,24,25)(H,26,29). The zero-order valence-electron chi connectivity index (χ0n) is 18.0. The molecule has 2 N–H and O–H groups in total. The van der Waals surface area contributed by atoms with Gasteiger partial charge in [-0.15, -0.1) is 0 Å². The Morgan fingerprint density at radius 2 is 1.94 bits per heavy atom. The third kappa shape index (κ3) is 3.18. The molecular weight excluding hydrogens is 426 g/mol. The Balaban J connectivity index is 1.55. The number of anilines is 2. The number of methoxy groups -OCH3 is 2. The van der Waals surface area contributed by atoms with E-state index in [9.17, 15) is 14.4 Å². The van der Waals surface area contributed by atoms with E-state index in [0.717, 1.165) is 0 Å². The number of carbonyl (C=O) groups is 3. The summed E-state index contributed by atoms with van der Waals surface area (Å²) in [5.41, 5.74) is 2.43. The number of fused-ring (bicyclic) bond motifs is 5. The molecule has 1 unspecified atom stereocenters. The molecule has 1 atom stereocenters. The molecule has 2 aromatic carbocycles. The van der Waals surface area contributed by atoms with Gasteiger partial charge in [0, 0.05) is 24.7 Å². The normalized spacial score (nSPS) is 16.2. The van der Waals surface area contributed by atoms with Gasteiger partial charge < -0.3 is 19.7 Å². The Bertz CT molecular complexity index is 1260. The van der Waals surface area contributed by atoms with Crippen molar-refractivity contribution in [2.75, 3.05) is 31.0 Å². The zero-order chi connectivity index (χ0) is 23.1. The number of rotatable bonds is 6. The van der Waals surface area contributed by atoms with Gasteiger partial charge in [0.05, 0.1) is 42.9 Å². The van der Waals surface area contributed by atoms with Gasteiger partial charge in [0.2, 0.25) is 5.91 Å². The molecule has 3 amide bonds. The van der Waals surface area contributed by atoms with E-state index in [2.05, 4.69) is 15.5 Å². The van der Waals surface area contributed by atoms with Crippen molar-refractivity contribution < 1.29 is 23.9 Å². The number of para-hydroxylation sites is 1. The van der Waals surface area contributed by atoms with E-state index in [1.54, 1.807) is 52.4 Å². The van der Waals surface area contributed by atoms with Crippen LogP contribution in [0.5, 0.6) is 11.5 Å². The van der Waals surface area contributed by atoms with Crippen molar-refractivity contribution in [2.45, 2.75) is 12.6 Å². The highest BCUT2D eigenvalue weighted by molar-refractivity contribution is 6.18. The van der Waals surface area contributed by atoms with Gasteiger partial charge in [0.25, 0.3) is 11.8 Å². The Morgan fingerprint density at radius 1 is 1.12 bits per heavy atom. The van der Waals surface area contributed by atoms with Gasteiger partial charge in [-0.1, -0.05) is 18.2 Å². The van der Waals surface area contributed by atoms with Gasteiger partial charge in [0.1, 0.15) is 6.17 Å². The second kappa shape index (κ2) is 7.97. The zero-order valence-corrected chi connectivity index (χ0v) is 18.0. The van der Waals surface area contributed by atoms with Gasteiger partial charge in [-0.3, -0.25) is 24.4 Å². The van der Waals surface area contributed by atoms with Crippen LogP contribution < -0.4 is 19.7 Å². The van der Waals surface area contributed by atoms with Crippen LogP contribution in [-0.4, -0.2) is 53.6 Å². The van der Waals surface area contributed by atoms with Crippen LogP contribution in [0.4, 0.5) is 11.4 Å². The largest absolute Gasteiger partial charge is 0.493 e. The first-order valence-electron chi connectivity index (χ1n) is 10.3. The van der Waals surface area contributed by atoms with Crippen LogP contribution in [0.3, 0.4) is 0 Å². The summed E-state index contributed by atoms with van der Waals surface area (Å²) < 4.78 is 10.9. The number of nitrogens with zero attached hydrogens (tertiary/aromatic N) is 3. The molecule has 2 aliphatic heterocycles. The van der Waals surface area contributed by atoms with Crippen molar-refractivity contribution in [3.63, 3.8) is 0 Å². The molecule has 3 heterocycles. The quantitative estimate of drug-likeness (QED) is 0.600. The van der Waals surface area contributed by atoms with Crippen molar-refractivity contribution >= 4 is 29.1 Å². The summed E-state index contributed by atoms with van der Waals surface area (Å²) in [4.78, 5) is 42.7. The lowest BCUT2D eigenvalue weighted by atomic mass is 10.0. The Hall–Kier alpha value is -4.34. The van der Waals surface area contributed by atoms with Crippen molar-refractivity contribution in [1.82, 2.24) is 15.1 Å². The summed E-state index contributed by atoms with van der Waals surface area (Å²) in [5.74, 6) is -0.0736. The van der Waals surface area contributed by atoms with Crippen molar-refractivity contribution in [3.05, 3.63) is 65.5 Å². The van der Waals surface area contributed by atoms with Crippen LogP contribution in [0.1, 0.15) is 38.9 Å². The monoisotopic (exact) mass is 447 g/mol. The van der Waals surface area contributed by atoms with E-state index in [1.807, 2.05) is 0 Å². The number of carbonyl (C=O) groups excluding carboxylic acids is 3. The fourth-order valence-corrected chi connectivity index (χ4v) is 4.42. The van der Waals surface area contributed by atoms with Crippen LogP contribution in [0.2, 0.25) is 0 Å². The Morgan fingerprint density at radius 3 is 2.67 bits per heavy atom. The predicted molar refractivity (Wildman–Crippen MR) is 118 cm³/mol. The van der Waals surface area contributed by atoms with Crippen molar-refractivity contribution in [3.8, 4) is 11.5 Å². The number of hydrogen-bond donors (Lipinski definition) is 2. The molecule has 33 heavy (non-hydrogen) atoms. The Kier molecular flexibility index (Phi) is 4.97. The van der Waals surface area contributed by atoms with E-state index in [-0.39, 0.29) is 30.7 Å².